The van der Waals surface area contributed by atoms with Crippen LogP contribution in [0.15, 0.2) is 54.6 Å². The van der Waals surface area contributed by atoms with Gasteiger partial charge < -0.3 is 0 Å². The Bertz CT molecular complexity index is 565. The second-order valence-electron chi connectivity index (χ2n) is 7.14. The molecule has 0 heterocycles. The van der Waals surface area contributed by atoms with E-state index in [1.54, 1.807) is 12.1 Å². The zero-order valence-corrected chi connectivity index (χ0v) is 13.5. The van der Waals surface area contributed by atoms with Gasteiger partial charge >= 0.3 is 0 Å². The van der Waals surface area contributed by atoms with Gasteiger partial charge in [0.2, 0.25) is 0 Å². The molecule has 2 aromatic rings. The Morgan fingerprint density at radius 3 is 1.57 bits per heavy atom. The molecule has 2 rings (SSSR count). The van der Waals surface area contributed by atoms with E-state index in [4.69, 9.17) is 0 Å². The van der Waals surface area contributed by atoms with Crippen LogP contribution in [-0.2, 0) is 10.8 Å². The Kier molecular flexibility index (Phi) is 4.51. The highest BCUT2D eigenvalue weighted by Crippen LogP contribution is 2.35. The molecular weight excluding hydrogens is 259 g/mol. The van der Waals surface area contributed by atoms with Crippen LogP contribution < -0.4 is 0 Å². The molecule has 0 aliphatic heterocycles. The standard InChI is InChI=1S/C20H25F/c1-19(2,16-8-6-5-7-9-16)14-15-20(3,4)17-10-12-18(21)13-11-17/h5-13H,14-15H2,1-4H3. The average Bonchev–Trinajstić information content (AvgIpc) is 2.47. The lowest BCUT2D eigenvalue weighted by molar-refractivity contribution is 0.374. The van der Waals surface area contributed by atoms with Gasteiger partial charge in [-0.1, -0.05) is 70.2 Å². The molecule has 0 aromatic heterocycles. The normalized spacial score (nSPS) is 12.4. The van der Waals surface area contributed by atoms with Gasteiger partial charge in [0.15, 0.2) is 0 Å². The molecule has 0 saturated heterocycles. The van der Waals surface area contributed by atoms with Crippen LogP contribution in [0.1, 0.15) is 51.7 Å². The Hall–Kier alpha value is -1.63. The summed E-state index contributed by atoms with van der Waals surface area (Å²) < 4.78 is 13.1. The lowest BCUT2D eigenvalue weighted by Crippen LogP contribution is -2.24. The average molecular weight is 284 g/mol. The number of benzene rings is 2. The molecule has 0 saturated carbocycles. The van der Waals surface area contributed by atoms with Crippen molar-refractivity contribution in [1.29, 1.82) is 0 Å². The Morgan fingerprint density at radius 2 is 1.10 bits per heavy atom. The van der Waals surface area contributed by atoms with E-state index in [0.717, 1.165) is 12.8 Å². The van der Waals surface area contributed by atoms with E-state index in [2.05, 4.69) is 58.0 Å². The van der Waals surface area contributed by atoms with Crippen LogP contribution >= 0.6 is 0 Å². The first-order valence-corrected chi connectivity index (χ1v) is 7.63. The molecule has 0 aliphatic carbocycles. The quantitative estimate of drug-likeness (QED) is 0.645. The lowest BCUT2D eigenvalue weighted by atomic mass is 9.73. The third-order valence-corrected chi connectivity index (χ3v) is 4.56. The van der Waals surface area contributed by atoms with Crippen LogP contribution in [0.4, 0.5) is 4.39 Å². The number of rotatable bonds is 5. The fourth-order valence-electron chi connectivity index (χ4n) is 2.70. The van der Waals surface area contributed by atoms with E-state index in [9.17, 15) is 4.39 Å². The summed E-state index contributed by atoms with van der Waals surface area (Å²) in [5, 5.41) is 0. The molecule has 0 aliphatic rings. The van der Waals surface area contributed by atoms with Crippen molar-refractivity contribution in [3.05, 3.63) is 71.5 Å². The molecule has 2 aromatic carbocycles. The van der Waals surface area contributed by atoms with Crippen LogP contribution in [0, 0.1) is 5.82 Å². The molecule has 0 radical (unpaired) electrons. The van der Waals surface area contributed by atoms with Gasteiger partial charge in [-0.05, 0) is 46.9 Å². The van der Waals surface area contributed by atoms with E-state index in [1.807, 2.05) is 12.1 Å². The molecule has 0 spiro atoms. The van der Waals surface area contributed by atoms with Crippen LogP contribution in [0.2, 0.25) is 0 Å². The van der Waals surface area contributed by atoms with Gasteiger partial charge in [-0.25, -0.2) is 4.39 Å². The Balaban J connectivity index is 2.09. The first-order valence-electron chi connectivity index (χ1n) is 7.63. The maximum absolute atomic E-state index is 13.1. The Morgan fingerprint density at radius 1 is 0.667 bits per heavy atom. The summed E-state index contributed by atoms with van der Waals surface area (Å²) in [6, 6.07) is 17.6. The van der Waals surface area contributed by atoms with Crippen molar-refractivity contribution in [3.63, 3.8) is 0 Å². The molecular formula is C20H25F. The molecule has 0 bridgehead atoms. The second kappa shape index (κ2) is 6.01. The van der Waals surface area contributed by atoms with Crippen molar-refractivity contribution in [2.24, 2.45) is 0 Å². The van der Waals surface area contributed by atoms with E-state index in [1.165, 1.54) is 11.1 Å². The zero-order valence-electron chi connectivity index (χ0n) is 13.5. The topological polar surface area (TPSA) is 0 Å². The van der Waals surface area contributed by atoms with Crippen LogP contribution in [0.25, 0.3) is 0 Å². The maximum atomic E-state index is 13.1. The largest absolute Gasteiger partial charge is 0.207 e. The minimum atomic E-state index is -0.167. The van der Waals surface area contributed by atoms with E-state index >= 15 is 0 Å². The molecule has 0 fully saturated rings. The van der Waals surface area contributed by atoms with Gasteiger partial charge in [0, 0.05) is 0 Å². The van der Waals surface area contributed by atoms with Gasteiger partial charge in [0.25, 0.3) is 0 Å². The summed E-state index contributed by atoms with van der Waals surface area (Å²) in [6.07, 6.45) is 2.17. The van der Waals surface area contributed by atoms with E-state index in [0.29, 0.717) is 0 Å². The van der Waals surface area contributed by atoms with Gasteiger partial charge in [-0.15, -0.1) is 0 Å². The summed E-state index contributed by atoms with van der Waals surface area (Å²) >= 11 is 0. The number of hydrogen-bond donors (Lipinski definition) is 0. The fourth-order valence-corrected chi connectivity index (χ4v) is 2.70. The molecule has 0 unspecified atom stereocenters. The minimum Gasteiger partial charge on any atom is -0.207 e. The van der Waals surface area contributed by atoms with Crippen molar-refractivity contribution >= 4 is 0 Å². The van der Waals surface area contributed by atoms with Crippen molar-refractivity contribution < 1.29 is 4.39 Å². The highest BCUT2D eigenvalue weighted by molar-refractivity contribution is 5.26. The van der Waals surface area contributed by atoms with E-state index < -0.39 is 0 Å². The summed E-state index contributed by atoms with van der Waals surface area (Å²) in [6.45, 7) is 9.06. The van der Waals surface area contributed by atoms with Gasteiger partial charge in [-0.3, -0.25) is 0 Å². The number of halogens is 1. The third kappa shape index (κ3) is 3.93. The molecule has 0 nitrogen and oxygen atoms in total. The molecule has 21 heavy (non-hydrogen) atoms. The first-order chi connectivity index (χ1) is 9.81. The maximum Gasteiger partial charge on any atom is 0.123 e. The van der Waals surface area contributed by atoms with Gasteiger partial charge in [0.05, 0.1) is 0 Å². The monoisotopic (exact) mass is 284 g/mol. The second-order valence-corrected chi connectivity index (χ2v) is 7.14. The molecule has 0 atom stereocenters. The van der Waals surface area contributed by atoms with Crippen LogP contribution in [-0.4, -0.2) is 0 Å². The predicted molar refractivity (Wildman–Crippen MR) is 88.1 cm³/mol. The zero-order chi connectivity index (χ0) is 15.5. The van der Waals surface area contributed by atoms with Crippen molar-refractivity contribution in [2.45, 2.75) is 51.4 Å². The lowest BCUT2D eigenvalue weighted by Gasteiger charge is -2.32. The minimum absolute atomic E-state index is 0.0553. The van der Waals surface area contributed by atoms with Crippen molar-refractivity contribution in [3.8, 4) is 0 Å². The fraction of sp³-hybridized carbons (Fsp3) is 0.400. The highest BCUT2D eigenvalue weighted by Gasteiger charge is 2.26. The van der Waals surface area contributed by atoms with Crippen molar-refractivity contribution in [2.75, 3.05) is 0 Å². The first kappa shape index (κ1) is 15.8. The molecule has 112 valence electrons. The predicted octanol–water partition coefficient (Wildman–Crippen LogP) is 5.86. The van der Waals surface area contributed by atoms with Gasteiger partial charge in [0.1, 0.15) is 5.82 Å². The van der Waals surface area contributed by atoms with Gasteiger partial charge in [-0.2, -0.15) is 0 Å². The summed E-state index contributed by atoms with van der Waals surface area (Å²) in [7, 11) is 0. The molecule has 0 amide bonds. The molecule has 0 N–H and O–H groups in total. The summed E-state index contributed by atoms with van der Waals surface area (Å²) in [5.41, 5.74) is 2.78. The smallest absolute Gasteiger partial charge is 0.123 e. The SMILES string of the molecule is CC(C)(CCC(C)(C)c1ccc(F)cc1)c1ccccc1. The number of hydrogen-bond acceptors (Lipinski definition) is 0. The van der Waals surface area contributed by atoms with Crippen LogP contribution in [0.5, 0.6) is 0 Å². The third-order valence-electron chi connectivity index (χ3n) is 4.56. The highest BCUT2D eigenvalue weighted by atomic mass is 19.1. The van der Waals surface area contributed by atoms with Crippen LogP contribution in [0.3, 0.4) is 0 Å². The van der Waals surface area contributed by atoms with Crippen molar-refractivity contribution in [1.82, 2.24) is 0 Å². The Labute approximate surface area is 128 Å². The molecule has 1 heteroatoms. The van der Waals surface area contributed by atoms with E-state index in [-0.39, 0.29) is 16.6 Å². The summed E-state index contributed by atoms with van der Waals surface area (Å²) in [4.78, 5) is 0. The summed E-state index contributed by atoms with van der Waals surface area (Å²) in [5.74, 6) is -0.167.